The van der Waals surface area contributed by atoms with Gasteiger partial charge in [0.2, 0.25) is 5.89 Å². The summed E-state index contributed by atoms with van der Waals surface area (Å²) in [6.07, 6.45) is 6.40. The standard InChI is InChI=1S/C14H21N3O2/c1-10-15-14(19-16-10)9-17-8-4-6-12(17)11-5-2-3-7-13(11)18/h11-12H,2-9H2,1H3. The lowest BCUT2D eigenvalue weighted by molar-refractivity contribution is -0.126. The van der Waals surface area contributed by atoms with E-state index in [0.717, 1.165) is 32.2 Å². The van der Waals surface area contributed by atoms with Gasteiger partial charge in [0.1, 0.15) is 5.78 Å². The molecule has 19 heavy (non-hydrogen) atoms. The Hall–Kier alpha value is -1.23. The van der Waals surface area contributed by atoms with Crippen molar-refractivity contribution in [1.82, 2.24) is 15.0 Å². The molecule has 2 heterocycles. The molecule has 2 atom stereocenters. The zero-order chi connectivity index (χ0) is 13.2. The van der Waals surface area contributed by atoms with Crippen LogP contribution in [0.25, 0.3) is 0 Å². The van der Waals surface area contributed by atoms with E-state index < -0.39 is 0 Å². The van der Waals surface area contributed by atoms with Crippen LogP contribution in [0, 0.1) is 12.8 Å². The van der Waals surface area contributed by atoms with Crippen molar-refractivity contribution < 1.29 is 9.32 Å². The lowest BCUT2D eigenvalue weighted by Crippen LogP contribution is -2.40. The number of ketones is 1. The van der Waals surface area contributed by atoms with Crippen molar-refractivity contribution in [3.05, 3.63) is 11.7 Å². The summed E-state index contributed by atoms with van der Waals surface area (Å²) in [5.41, 5.74) is 0. The Balaban J connectivity index is 1.68. The van der Waals surface area contributed by atoms with Crippen LogP contribution in [0.1, 0.15) is 50.2 Å². The number of aryl methyl sites for hydroxylation is 1. The number of aromatic nitrogens is 2. The Labute approximate surface area is 113 Å². The fourth-order valence-electron chi connectivity index (χ4n) is 3.50. The quantitative estimate of drug-likeness (QED) is 0.835. The van der Waals surface area contributed by atoms with E-state index in [4.69, 9.17) is 4.52 Å². The van der Waals surface area contributed by atoms with Crippen LogP contribution < -0.4 is 0 Å². The minimum atomic E-state index is 0.236. The first-order chi connectivity index (χ1) is 9.24. The van der Waals surface area contributed by atoms with Gasteiger partial charge in [0, 0.05) is 18.4 Å². The van der Waals surface area contributed by atoms with E-state index in [1.54, 1.807) is 0 Å². The second-order valence-corrected chi connectivity index (χ2v) is 5.73. The zero-order valence-electron chi connectivity index (χ0n) is 11.5. The highest BCUT2D eigenvalue weighted by Crippen LogP contribution is 2.33. The first-order valence-electron chi connectivity index (χ1n) is 7.30. The predicted molar refractivity (Wildman–Crippen MR) is 69.4 cm³/mol. The molecule has 5 heteroatoms. The Kier molecular flexibility index (Phi) is 3.64. The lowest BCUT2D eigenvalue weighted by atomic mass is 9.82. The number of hydrogen-bond donors (Lipinski definition) is 0. The second-order valence-electron chi connectivity index (χ2n) is 5.73. The molecule has 0 radical (unpaired) electrons. The number of likely N-dealkylation sites (tertiary alicyclic amines) is 1. The Morgan fingerprint density at radius 3 is 2.95 bits per heavy atom. The average molecular weight is 263 g/mol. The monoisotopic (exact) mass is 263 g/mol. The molecule has 1 aliphatic heterocycles. The van der Waals surface area contributed by atoms with Gasteiger partial charge in [0.25, 0.3) is 0 Å². The molecule has 0 amide bonds. The van der Waals surface area contributed by atoms with Crippen molar-refractivity contribution >= 4 is 5.78 Å². The smallest absolute Gasteiger partial charge is 0.240 e. The Bertz CT molecular complexity index is 457. The van der Waals surface area contributed by atoms with E-state index in [1.807, 2.05) is 6.92 Å². The largest absolute Gasteiger partial charge is 0.338 e. The molecule has 2 aliphatic rings. The molecule has 3 rings (SSSR count). The molecule has 5 nitrogen and oxygen atoms in total. The molecule has 1 aromatic heterocycles. The molecule has 1 saturated carbocycles. The zero-order valence-corrected chi connectivity index (χ0v) is 11.5. The molecule has 0 N–H and O–H groups in total. The summed E-state index contributed by atoms with van der Waals surface area (Å²) in [5.74, 6) is 2.05. The number of rotatable bonds is 3. The maximum absolute atomic E-state index is 12.1. The minimum absolute atomic E-state index is 0.236. The van der Waals surface area contributed by atoms with Gasteiger partial charge in [-0.05, 0) is 39.2 Å². The highest BCUT2D eigenvalue weighted by molar-refractivity contribution is 5.82. The van der Waals surface area contributed by atoms with Crippen molar-refractivity contribution in [3.8, 4) is 0 Å². The third-order valence-electron chi connectivity index (χ3n) is 4.39. The fraction of sp³-hybridized carbons (Fsp3) is 0.786. The molecule has 0 spiro atoms. The van der Waals surface area contributed by atoms with E-state index in [1.165, 1.54) is 12.8 Å². The van der Waals surface area contributed by atoms with Crippen molar-refractivity contribution in [2.45, 2.75) is 58.0 Å². The van der Waals surface area contributed by atoms with Crippen LogP contribution in [0.3, 0.4) is 0 Å². The number of carbonyl (C=O) groups is 1. The van der Waals surface area contributed by atoms with E-state index in [0.29, 0.717) is 30.1 Å². The summed E-state index contributed by atoms with van der Waals surface area (Å²) >= 11 is 0. The van der Waals surface area contributed by atoms with Crippen LogP contribution in [0.5, 0.6) is 0 Å². The molecule has 2 unspecified atom stereocenters. The molecular weight excluding hydrogens is 242 g/mol. The highest BCUT2D eigenvalue weighted by atomic mass is 16.5. The molecule has 1 aromatic rings. The maximum Gasteiger partial charge on any atom is 0.240 e. The predicted octanol–water partition coefficient (Wildman–Crippen LogP) is 2.10. The molecule has 2 fully saturated rings. The van der Waals surface area contributed by atoms with Crippen LogP contribution in [-0.2, 0) is 11.3 Å². The van der Waals surface area contributed by atoms with Gasteiger partial charge in [-0.3, -0.25) is 9.69 Å². The number of Topliss-reactive ketones (excluding diaryl/α,β-unsaturated/α-hetero) is 1. The normalized spacial score (nSPS) is 29.0. The molecule has 1 saturated heterocycles. The summed E-state index contributed by atoms with van der Waals surface area (Å²) in [4.78, 5) is 18.7. The van der Waals surface area contributed by atoms with E-state index in [-0.39, 0.29) is 5.92 Å². The second kappa shape index (κ2) is 5.41. The van der Waals surface area contributed by atoms with E-state index >= 15 is 0 Å². The van der Waals surface area contributed by atoms with Crippen molar-refractivity contribution in [2.24, 2.45) is 5.92 Å². The average Bonchev–Trinajstić information content (AvgIpc) is 3.00. The third kappa shape index (κ3) is 2.71. The first kappa shape index (κ1) is 12.8. The van der Waals surface area contributed by atoms with Gasteiger partial charge in [-0.2, -0.15) is 4.98 Å². The van der Waals surface area contributed by atoms with Crippen LogP contribution >= 0.6 is 0 Å². The highest BCUT2D eigenvalue weighted by Gasteiger charge is 2.37. The summed E-state index contributed by atoms with van der Waals surface area (Å²) in [6, 6.07) is 0.389. The van der Waals surface area contributed by atoms with E-state index in [9.17, 15) is 4.79 Å². The Morgan fingerprint density at radius 2 is 2.21 bits per heavy atom. The summed E-state index contributed by atoms with van der Waals surface area (Å²) in [6.45, 7) is 3.56. The van der Waals surface area contributed by atoms with Crippen LogP contribution in [0.4, 0.5) is 0 Å². The maximum atomic E-state index is 12.1. The number of hydrogen-bond acceptors (Lipinski definition) is 5. The van der Waals surface area contributed by atoms with Crippen molar-refractivity contribution in [1.29, 1.82) is 0 Å². The number of nitrogens with zero attached hydrogens (tertiary/aromatic N) is 3. The topological polar surface area (TPSA) is 59.2 Å². The third-order valence-corrected chi connectivity index (χ3v) is 4.39. The molecule has 1 aliphatic carbocycles. The van der Waals surface area contributed by atoms with Gasteiger partial charge in [-0.1, -0.05) is 11.6 Å². The summed E-state index contributed by atoms with van der Waals surface area (Å²) in [5, 5.41) is 3.83. The molecule has 0 aromatic carbocycles. The SMILES string of the molecule is Cc1noc(CN2CCCC2C2CCCCC2=O)n1. The van der Waals surface area contributed by atoms with Gasteiger partial charge in [0.05, 0.1) is 6.54 Å². The van der Waals surface area contributed by atoms with Crippen LogP contribution in [0.15, 0.2) is 4.52 Å². The lowest BCUT2D eigenvalue weighted by Gasteiger charge is -2.32. The Morgan fingerprint density at radius 1 is 1.32 bits per heavy atom. The van der Waals surface area contributed by atoms with Crippen LogP contribution in [-0.4, -0.2) is 33.4 Å². The molecule has 104 valence electrons. The first-order valence-corrected chi connectivity index (χ1v) is 7.30. The summed E-state index contributed by atoms with van der Waals surface area (Å²) < 4.78 is 5.20. The van der Waals surface area contributed by atoms with E-state index in [2.05, 4.69) is 15.0 Å². The summed E-state index contributed by atoms with van der Waals surface area (Å²) in [7, 11) is 0. The fourth-order valence-corrected chi connectivity index (χ4v) is 3.50. The van der Waals surface area contributed by atoms with Gasteiger partial charge >= 0.3 is 0 Å². The van der Waals surface area contributed by atoms with Gasteiger partial charge in [-0.25, -0.2) is 0 Å². The molecular formula is C14H21N3O2. The van der Waals surface area contributed by atoms with Crippen molar-refractivity contribution in [3.63, 3.8) is 0 Å². The van der Waals surface area contributed by atoms with Gasteiger partial charge < -0.3 is 4.52 Å². The number of carbonyl (C=O) groups excluding carboxylic acids is 1. The minimum Gasteiger partial charge on any atom is -0.338 e. The van der Waals surface area contributed by atoms with Crippen LogP contribution in [0.2, 0.25) is 0 Å². The van der Waals surface area contributed by atoms with Crippen molar-refractivity contribution in [2.75, 3.05) is 6.54 Å². The molecule has 0 bridgehead atoms. The van der Waals surface area contributed by atoms with Gasteiger partial charge in [-0.15, -0.1) is 0 Å². The van der Waals surface area contributed by atoms with Gasteiger partial charge in [0.15, 0.2) is 5.82 Å².